The Hall–Kier alpha value is -0.708. The zero-order chi connectivity index (χ0) is 48.7. The van der Waals surface area contributed by atoms with Crippen molar-refractivity contribution < 1.29 is 59.8 Å². The summed E-state index contributed by atoms with van der Waals surface area (Å²) < 4.78 is 10.0. The van der Waals surface area contributed by atoms with Crippen molar-refractivity contribution in [2.75, 3.05) is 32.8 Å². The van der Waals surface area contributed by atoms with Crippen LogP contribution in [0.25, 0.3) is 0 Å². The van der Waals surface area contributed by atoms with Crippen molar-refractivity contribution in [2.24, 2.45) is 17.8 Å². The summed E-state index contributed by atoms with van der Waals surface area (Å²) >= 11 is 0. The molecule has 0 amide bonds. The number of carbonyl (C=O) groups is 3. The van der Waals surface area contributed by atoms with E-state index < -0.39 is 0 Å². The van der Waals surface area contributed by atoms with Crippen LogP contribution in [0.4, 0.5) is 0 Å². The maximum atomic E-state index is 12.5. The third kappa shape index (κ3) is 59.4. The van der Waals surface area contributed by atoms with E-state index in [0.717, 1.165) is 77.2 Å². The summed E-state index contributed by atoms with van der Waals surface area (Å²) in [5.41, 5.74) is 0. The summed E-state index contributed by atoms with van der Waals surface area (Å²) in [5.74, 6) is 2.46. The summed E-state index contributed by atoms with van der Waals surface area (Å²) in [5, 5.41) is 0. The van der Waals surface area contributed by atoms with Gasteiger partial charge in [-0.15, -0.1) is 6.54 Å². The van der Waals surface area contributed by atoms with Crippen molar-refractivity contribution in [1.82, 2.24) is 4.90 Å². The molecule has 8 heteroatoms. The zero-order valence-electron chi connectivity index (χ0n) is 45.5. The van der Waals surface area contributed by atoms with Crippen molar-refractivity contribution in [3.8, 4) is 0 Å². The Morgan fingerprint density at radius 2 is 1.06 bits per heavy atom. The van der Waals surface area contributed by atoms with Gasteiger partial charge in [0.15, 0.2) is 0 Å². The Kier molecular flexibility index (Phi) is 67.8. The first-order valence-electron chi connectivity index (χ1n) is 28.4. The number of ether oxygens (including phenoxy) is 2. The fraction of sp³-hybridized carbons (Fsp3) is 0.914. The number of hydrogen-bond donors (Lipinski definition) is 0. The molecule has 1 fully saturated rings. The Labute approximate surface area is 436 Å². The predicted molar refractivity (Wildman–Crippen MR) is 281 cm³/mol. The van der Waals surface area contributed by atoms with Gasteiger partial charge in [-0.1, -0.05) is 229 Å². The van der Waals surface area contributed by atoms with E-state index in [2.05, 4.69) is 52.9 Å². The molecular weight excluding hydrogens is 1040 g/mol. The second-order valence-corrected chi connectivity index (χ2v) is 19.3. The average molecular weight is 1160 g/mol. The van der Waals surface area contributed by atoms with Crippen LogP contribution in [0.1, 0.15) is 293 Å². The molecule has 0 aliphatic carbocycles. The van der Waals surface area contributed by atoms with Crippen molar-refractivity contribution in [2.45, 2.75) is 293 Å². The van der Waals surface area contributed by atoms with Gasteiger partial charge in [0.2, 0.25) is 0 Å². The number of rotatable bonds is 45. The smallest absolute Gasteiger partial charge is 0.542 e. The van der Waals surface area contributed by atoms with Crippen LogP contribution >= 0.6 is 0 Å². The molecule has 0 N–H and O–H groups in total. The molecule has 0 aromatic carbocycles. The van der Waals surface area contributed by atoms with Crippen LogP contribution in [0.3, 0.4) is 0 Å². The van der Waals surface area contributed by atoms with Crippen molar-refractivity contribution in [1.29, 1.82) is 0 Å². The minimum absolute atomic E-state index is 0. The molecule has 7 nitrogen and oxygen atoms in total. The van der Waals surface area contributed by atoms with Gasteiger partial charge in [-0.3, -0.25) is 20.7 Å². The molecule has 66 heavy (non-hydrogen) atoms. The molecule has 0 aromatic rings. The van der Waals surface area contributed by atoms with E-state index in [9.17, 15) is 19.2 Å². The number of Topliss-reactive ketones (excluding diaryl/α,β-unsaturated/α-hetero) is 1. The van der Waals surface area contributed by atoms with Crippen molar-refractivity contribution in [3.63, 3.8) is 0 Å². The van der Waals surface area contributed by atoms with Crippen LogP contribution in [-0.2, 0) is 28.7 Å². The number of carbonyl (C=O) groups excluding carboxylic acids is 4. The summed E-state index contributed by atoms with van der Waals surface area (Å²) in [4.78, 5) is 46.6. The van der Waals surface area contributed by atoms with E-state index in [1.807, 2.05) is 20.1 Å². The normalized spacial score (nSPS) is 12.5. The van der Waals surface area contributed by atoms with Gasteiger partial charge in [-0.2, -0.15) is 12.8 Å². The van der Waals surface area contributed by atoms with E-state index in [1.54, 1.807) is 0 Å². The van der Waals surface area contributed by atoms with Crippen molar-refractivity contribution in [3.05, 3.63) is 6.42 Å². The molecule has 1 aliphatic heterocycles. The van der Waals surface area contributed by atoms with Crippen LogP contribution < -0.4 is 0 Å². The number of unbranched alkanes of at least 4 members (excludes halogenated alkanes) is 24. The van der Waals surface area contributed by atoms with E-state index in [-0.39, 0.29) is 37.1 Å². The second kappa shape index (κ2) is 62.3. The maximum Gasteiger partial charge on any atom is 2.00 e. The maximum absolute atomic E-state index is 12.5. The summed E-state index contributed by atoms with van der Waals surface area (Å²) in [6.45, 7) is 22.5. The minimum atomic E-state index is 0. The molecule has 0 aromatic heterocycles. The number of ketones is 1. The molecule has 0 saturated carbocycles. The summed E-state index contributed by atoms with van der Waals surface area (Å²) in [6, 6.07) is 0. The van der Waals surface area contributed by atoms with Gasteiger partial charge in [0.1, 0.15) is 5.78 Å². The minimum Gasteiger partial charge on any atom is -0.542 e. The molecule has 1 unspecified atom stereocenters. The fourth-order valence-corrected chi connectivity index (χ4v) is 8.20. The Morgan fingerprint density at radius 3 is 1.53 bits per heavy atom. The van der Waals surface area contributed by atoms with Crippen LogP contribution in [0.2, 0.25) is 0 Å². The molecule has 1 atom stereocenters. The van der Waals surface area contributed by atoms with Gasteiger partial charge in [0.05, 0.1) is 13.2 Å². The van der Waals surface area contributed by atoms with E-state index in [0.29, 0.717) is 56.1 Å². The molecule has 1 rings (SSSR count). The molecule has 1 aliphatic rings. The quantitative estimate of drug-likeness (QED) is 0.0260. The first-order valence-corrected chi connectivity index (χ1v) is 28.4. The van der Waals surface area contributed by atoms with Gasteiger partial charge in [-0.05, 0) is 62.9 Å². The molecular formula is C58H113NO6U. The number of likely N-dealkylation sites (tertiary alicyclic amines) is 1. The van der Waals surface area contributed by atoms with Gasteiger partial charge < -0.3 is 25.6 Å². The van der Waals surface area contributed by atoms with E-state index in [4.69, 9.17) is 9.47 Å². The fourth-order valence-electron chi connectivity index (χ4n) is 8.20. The van der Waals surface area contributed by atoms with Gasteiger partial charge in [0, 0.05) is 19.3 Å². The van der Waals surface area contributed by atoms with Crippen LogP contribution in [0.5, 0.6) is 0 Å². The molecule has 390 valence electrons. The second-order valence-electron chi connectivity index (χ2n) is 19.3. The topological polar surface area (TPSA) is 90.0 Å². The van der Waals surface area contributed by atoms with Crippen LogP contribution in [0.15, 0.2) is 0 Å². The standard InChI is InChI=1S/C27H52O3.C21H40NO2.C8H15O.C2H6.U/c1-3-5-7-9-12-16-20-26(21-17-13-10-8-6-4-2)24-27(29)22-18-14-11-15-19-23-30-25-28;1-2-3-4-5-6-7-8-9-15-20-24-21(23)16-11-10-12-17-22-18-13-14-19-22;1-7(2)8(3)5-4-6-9;1-2;/h25-26H,3-24H2,1-2H3;13H,2-12,14-20H2,1H3;7-8H,4-5H2,1-3H3;1-2H3;/q;2*-1;;+2. The Morgan fingerprint density at radius 1 is 0.606 bits per heavy atom. The molecule has 1 saturated heterocycles. The Balaban J connectivity index is -0.000000475. The van der Waals surface area contributed by atoms with Crippen molar-refractivity contribution >= 4 is 24.5 Å². The zero-order valence-corrected chi connectivity index (χ0v) is 49.6. The molecule has 0 radical (unpaired) electrons. The third-order valence-corrected chi connectivity index (χ3v) is 13.0. The van der Waals surface area contributed by atoms with Gasteiger partial charge >= 0.3 is 37.1 Å². The largest absolute Gasteiger partial charge is 2.00 e. The predicted octanol–water partition coefficient (Wildman–Crippen LogP) is 17.3. The van der Waals surface area contributed by atoms with Crippen LogP contribution in [-0.4, -0.2) is 62.3 Å². The molecule has 0 spiro atoms. The average Bonchev–Trinajstić information content (AvgIpc) is 3.84. The Bertz CT molecular complexity index is 942. The number of nitrogens with zero attached hydrogens (tertiary/aromatic N) is 1. The number of esters is 1. The first-order chi connectivity index (χ1) is 31.7. The van der Waals surface area contributed by atoms with Gasteiger partial charge in [-0.25, -0.2) is 0 Å². The van der Waals surface area contributed by atoms with Crippen LogP contribution in [0, 0.1) is 55.3 Å². The third-order valence-electron chi connectivity index (χ3n) is 13.0. The number of hydrogen-bond acceptors (Lipinski definition) is 7. The SMILES string of the molecule is CC.CC(C)C(C)CC[C-]=O.CCCCCCCCC(CCCCCCCC)CC(=O)CCCCCCCOC=O.CCCCCCCCCCCOC(=O)CCCCCN1C[CH-]CC1.[U+2]. The summed E-state index contributed by atoms with van der Waals surface area (Å²) in [6.07, 6.45) is 48.2. The molecule has 1 heterocycles. The van der Waals surface area contributed by atoms with E-state index >= 15 is 0 Å². The van der Waals surface area contributed by atoms with Gasteiger partial charge in [0.25, 0.3) is 6.47 Å². The monoisotopic (exact) mass is 1160 g/mol. The first kappa shape index (κ1) is 71.8. The van der Waals surface area contributed by atoms with E-state index in [1.165, 1.54) is 167 Å². The molecule has 0 bridgehead atoms. The summed E-state index contributed by atoms with van der Waals surface area (Å²) in [7, 11) is 0.